The van der Waals surface area contributed by atoms with Crippen LogP contribution >= 0.6 is 12.2 Å². The molecule has 3 N–H and O–H groups in total. The van der Waals surface area contributed by atoms with Crippen LogP contribution in [0, 0.1) is 5.92 Å². The van der Waals surface area contributed by atoms with Gasteiger partial charge in [-0.05, 0) is 73.1 Å². The number of thiocarbonyl (C=S) groups is 1. The van der Waals surface area contributed by atoms with Crippen molar-refractivity contribution in [2.45, 2.75) is 20.3 Å². The molecule has 32 heavy (non-hydrogen) atoms. The van der Waals surface area contributed by atoms with Gasteiger partial charge in [0.25, 0.3) is 11.8 Å². The van der Waals surface area contributed by atoms with Crippen LogP contribution in [0.25, 0.3) is 0 Å². The van der Waals surface area contributed by atoms with Gasteiger partial charge in [0.1, 0.15) is 18.1 Å². The van der Waals surface area contributed by atoms with Crippen molar-refractivity contribution in [3.8, 4) is 11.5 Å². The monoisotopic (exact) mass is 459 g/mol. The molecule has 0 saturated heterocycles. The zero-order chi connectivity index (χ0) is 23.3. The lowest BCUT2D eigenvalue weighted by Gasteiger charge is -2.12. The van der Waals surface area contributed by atoms with Crippen LogP contribution in [0.3, 0.4) is 0 Å². The van der Waals surface area contributed by atoms with Gasteiger partial charge in [-0.3, -0.25) is 25.8 Å². The van der Waals surface area contributed by atoms with Gasteiger partial charge in [-0.15, -0.1) is 0 Å². The minimum absolute atomic E-state index is 0.0302. The van der Waals surface area contributed by atoms with Crippen molar-refractivity contribution < 1.29 is 23.8 Å². The van der Waals surface area contributed by atoms with Crippen molar-refractivity contribution in [1.29, 1.82) is 0 Å². The number of nitrogens with one attached hydrogen (secondary N) is 3. The SMILES string of the molecule is COCCOc1ccc(C(=O)NC(=S)NNC(=O)c2ccc(OCCC(C)C)cc2)cc1. The van der Waals surface area contributed by atoms with Crippen molar-refractivity contribution >= 4 is 29.1 Å². The Morgan fingerprint density at radius 3 is 1.88 bits per heavy atom. The molecular formula is C23H29N3O5S. The molecule has 172 valence electrons. The standard InChI is InChI=1S/C23H29N3O5S/c1-16(2)12-13-30-19-10-6-18(7-11-19)22(28)25-26-23(32)24-21(27)17-4-8-20(9-5-17)31-15-14-29-3/h4-11,16H,12-15H2,1-3H3,(H,25,28)(H2,24,26,27,32). The lowest BCUT2D eigenvalue weighted by atomic mass is 10.1. The fourth-order valence-corrected chi connectivity index (χ4v) is 2.60. The van der Waals surface area contributed by atoms with E-state index >= 15 is 0 Å². The Bertz CT molecular complexity index is 886. The molecule has 2 amide bonds. The lowest BCUT2D eigenvalue weighted by Crippen LogP contribution is -2.48. The van der Waals surface area contributed by atoms with Gasteiger partial charge in [0, 0.05) is 18.2 Å². The van der Waals surface area contributed by atoms with Gasteiger partial charge in [-0.1, -0.05) is 13.8 Å². The predicted molar refractivity (Wildman–Crippen MR) is 126 cm³/mol. The Balaban J connectivity index is 1.75. The van der Waals surface area contributed by atoms with Gasteiger partial charge in [-0.25, -0.2) is 0 Å². The number of hydrazine groups is 1. The smallest absolute Gasteiger partial charge is 0.269 e. The molecule has 2 aromatic carbocycles. The number of ether oxygens (including phenoxy) is 3. The fraction of sp³-hybridized carbons (Fsp3) is 0.348. The minimum atomic E-state index is -0.414. The number of methoxy groups -OCH3 is 1. The van der Waals surface area contributed by atoms with Crippen LogP contribution in [0.4, 0.5) is 0 Å². The Morgan fingerprint density at radius 2 is 1.34 bits per heavy atom. The second kappa shape index (κ2) is 13.3. The average Bonchev–Trinajstić information content (AvgIpc) is 2.78. The maximum atomic E-state index is 12.3. The molecule has 0 bridgehead atoms. The summed E-state index contributed by atoms with van der Waals surface area (Å²) in [7, 11) is 1.59. The Hall–Kier alpha value is -3.17. The molecule has 0 aliphatic carbocycles. The molecule has 0 spiro atoms. The molecule has 2 aromatic rings. The van der Waals surface area contributed by atoms with Crippen molar-refractivity contribution in [3.05, 3.63) is 59.7 Å². The normalized spacial score (nSPS) is 10.4. The molecule has 0 aliphatic heterocycles. The van der Waals surface area contributed by atoms with Gasteiger partial charge in [0.15, 0.2) is 5.11 Å². The van der Waals surface area contributed by atoms with E-state index in [0.29, 0.717) is 48.4 Å². The van der Waals surface area contributed by atoms with E-state index in [1.807, 2.05) is 0 Å². The summed E-state index contributed by atoms with van der Waals surface area (Å²) in [5.41, 5.74) is 5.79. The summed E-state index contributed by atoms with van der Waals surface area (Å²) < 4.78 is 16.0. The Labute approximate surface area is 193 Å². The summed E-state index contributed by atoms with van der Waals surface area (Å²) in [6, 6.07) is 13.4. The second-order valence-electron chi connectivity index (χ2n) is 7.28. The van der Waals surface area contributed by atoms with Crippen LogP contribution in [0.1, 0.15) is 41.0 Å². The van der Waals surface area contributed by atoms with Crippen LogP contribution in [0.2, 0.25) is 0 Å². The molecule has 8 nitrogen and oxygen atoms in total. The summed E-state index contributed by atoms with van der Waals surface area (Å²) in [4.78, 5) is 24.5. The summed E-state index contributed by atoms with van der Waals surface area (Å²) >= 11 is 5.07. The second-order valence-corrected chi connectivity index (χ2v) is 7.69. The van der Waals surface area contributed by atoms with Crippen LogP contribution < -0.4 is 25.6 Å². The van der Waals surface area contributed by atoms with Gasteiger partial charge >= 0.3 is 0 Å². The lowest BCUT2D eigenvalue weighted by molar-refractivity contribution is 0.0934. The summed E-state index contributed by atoms with van der Waals surface area (Å²) in [5, 5.41) is 2.47. The van der Waals surface area contributed by atoms with Crippen LogP contribution in [-0.4, -0.2) is 43.9 Å². The molecular weight excluding hydrogens is 430 g/mol. The highest BCUT2D eigenvalue weighted by Gasteiger charge is 2.10. The van der Waals surface area contributed by atoms with E-state index in [4.69, 9.17) is 26.4 Å². The number of hydrogen-bond acceptors (Lipinski definition) is 6. The molecule has 0 aliphatic rings. The number of benzene rings is 2. The van der Waals surface area contributed by atoms with Gasteiger partial charge in [0.2, 0.25) is 0 Å². The van der Waals surface area contributed by atoms with Crippen molar-refractivity contribution in [2.24, 2.45) is 5.92 Å². The first-order chi connectivity index (χ1) is 15.4. The van der Waals surface area contributed by atoms with Crippen LogP contribution in [0.15, 0.2) is 48.5 Å². The average molecular weight is 460 g/mol. The maximum Gasteiger partial charge on any atom is 0.269 e. The molecule has 0 radical (unpaired) electrons. The number of carbonyl (C=O) groups excluding carboxylic acids is 2. The molecule has 0 atom stereocenters. The van der Waals surface area contributed by atoms with Gasteiger partial charge < -0.3 is 14.2 Å². The van der Waals surface area contributed by atoms with Crippen LogP contribution in [0.5, 0.6) is 11.5 Å². The van der Waals surface area contributed by atoms with Crippen LogP contribution in [-0.2, 0) is 4.74 Å². The zero-order valence-electron chi connectivity index (χ0n) is 18.5. The topological polar surface area (TPSA) is 97.9 Å². The van der Waals surface area contributed by atoms with Crippen molar-refractivity contribution in [2.75, 3.05) is 26.9 Å². The van der Waals surface area contributed by atoms with E-state index in [2.05, 4.69) is 30.0 Å². The fourth-order valence-electron chi connectivity index (χ4n) is 2.45. The zero-order valence-corrected chi connectivity index (χ0v) is 19.3. The number of carbonyl (C=O) groups is 2. The van der Waals surface area contributed by atoms with E-state index < -0.39 is 11.8 Å². The number of hydrogen-bond donors (Lipinski definition) is 3. The first kappa shape index (κ1) is 25.1. The molecule has 0 unspecified atom stereocenters. The third-order valence-electron chi connectivity index (χ3n) is 4.27. The van der Waals surface area contributed by atoms with Gasteiger partial charge in [-0.2, -0.15) is 0 Å². The molecule has 2 rings (SSSR count). The van der Waals surface area contributed by atoms with Gasteiger partial charge in [0.05, 0.1) is 13.2 Å². The largest absolute Gasteiger partial charge is 0.494 e. The highest BCUT2D eigenvalue weighted by molar-refractivity contribution is 7.80. The third kappa shape index (κ3) is 8.91. The Kier molecular flexibility index (Phi) is 10.4. The maximum absolute atomic E-state index is 12.3. The summed E-state index contributed by atoms with van der Waals surface area (Å²) in [6.45, 7) is 5.79. The van der Waals surface area contributed by atoms with E-state index in [-0.39, 0.29) is 5.11 Å². The third-order valence-corrected chi connectivity index (χ3v) is 4.47. The molecule has 0 fully saturated rings. The van der Waals surface area contributed by atoms with Crippen molar-refractivity contribution in [3.63, 3.8) is 0 Å². The molecule has 0 saturated carbocycles. The van der Waals surface area contributed by atoms with E-state index in [1.165, 1.54) is 0 Å². The minimum Gasteiger partial charge on any atom is -0.494 e. The first-order valence-corrected chi connectivity index (χ1v) is 10.7. The highest BCUT2D eigenvalue weighted by atomic mass is 32.1. The predicted octanol–water partition coefficient (Wildman–Crippen LogP) is 3.09. The summed E-state index contributed by atoms with van der Waals surface area (Å²) in [5.74, 6) is 1.09. The molecule has 9 heteroatoms. The molecule has 0 aromatic heterocycles. The van der Waals surface area contributed by atoms with E-state index in [0.717, 1.165) is 6.42 Å². The summed E-state index contributed by atoms with van der Waals surface area (Å²) in [6.07, 6.45) is 0.960. The molecule has 0 heterocycles. The number of rotatable bonds is 10. The van der Waals surface area contributed by atoms with Crippen molar-refractivity contribution in [1.82, 2.24) is 16.2 Å². The Morgan fingerprint density at radius 1 is 0.812 bits per heavy atom. The first-order valence-electron chi connectivity index (χ1n) is 10.3. The number of amides is 2. The quantitative estimate of drug-likeness (QED) is 0.285. The highest BCUT2D eigenvalue weighted by Crippen LogP contribution is 2.14. The van der Waals surface area contributed by atoms with E-state index in [1.54, 1.807) is 55.6 Å². The van der Waals surface area contributed by atoms with E-state index in [9.17, 15) is 9.59 Å².